The van der Waals surface area contributed by atoms with Gasteiger partial charge in [-0.05, 0) is 36.8 Å². The van der Waals surface area contributed by atoms with E-state index < -0.39 is 0 Å². The normalized spacial score (nSPS) is 10.2. The molecule has 4 heteroatoms. The lowest BCUT2D eigenvalue weighted by Gasteiger charge is -2.09. The zero-order valence-corrected chi connectivity index (χ0v) is 10.3. The van der Waals surface area contributed by atoms with Crippen LogP contribution in [-0.4, -0.2) is 12.1 Å². The van der Waals surface area contributed by atoms with Gasteiger partial charge in [-0.15, -0.1) is 0 Å². The second kappa shape index (κ2) is 5.49. The van der Waals surface area contributed by atoms with Crippen LogP contribution in [0.15, 0.2) is 36.4 Å². The van der Waals surface area contributed by atoms with Crippen LogP contribution in [0.2, 0.25) is 0 Å². The van der Waals surface area contributed by atoms with Crippen molar-refractivity contribution in [3.05, 3.63) is 53.5 Å². The molecule has 0 spiro atoms. The quantitative estimate of drug-likeness (QED) is 0.831. The van der Waals surface area contributed by atoms with E-state index in [0.29, 0.717) is 18.2 Å². The Morgan fingerprint density at radius 2 is 2.06 bits per heavy atom. The van der Waals surface area contributed by atoms with Gasteiger partial charge in [0.2, 0.25) is 5.88 Å². The molecule has 3 nitrogen and oxygen atoms in total. The summed E-state index contributed by atoms with van der Waals surface area (Å²) in [5.74, 6) is 0.937. The van der Waals surface area contributed by atoms with Crippen LogP contribution in [0.4, 0.5) is 4.39 Å². The summed E-state index contributed by atoms with van der Waals surface area (Å²) < 4.78 is 23.5. The molecule has 0 unspecified atom stereocenters. The van der Waals surface area contributed by atoms with E-state index in [1.807, 2.05) is 12.1 Å². The van der Waals surface area contributed by atoms with Crippen molar-refractivity contribution < 1.29 is 13.9 Å². The average Bonchev–Trinajstić information content (AvgIpc) is 2.38. The lowest BCUT2D eigenvalue weighted by atomic mass is 10.2. The van der Waals surface area contributed by atoms with Crippen LogP contribution in [0.5, 0.6) is 11.6 Å². The summed E-state index contributed by atoms with van der Waals surface area (Å²) in [5.41, 5.74) is 1.52. The topological polar surface area (TPSA) is 31.4 Å². The van der Waals surface area contributed by atoms with Crippen molar-refractivity contribution in [3.8, 4) is 11.6 Å². The molecule has 0 aliphatic heterocycles. The number of methoxy groups -OCH3 is 1. The van der Waals surface area contributed by atoms with Crippen molar-refractivity contribution in [1.29, 1.82) is 0 Å². The lowest BCUT2D eigenvalue weighted by molar-refractivity contribution is 0.295. The van der Waals surface area contributed by atoms with E-state index in [2.05, 4.69) is 4.98 Å². The molecule has 18 heavy (non-hydrogen) atoms. The van der Waals surface area contributed by atoms with Crippen LogP contribution in [0.25, 0.3) is 0 Å². The molecule has 0 N–H and O–H groups in total. The highest BCUT2D eigenvalue weighted by Crippen LogP contribution is 2.19. The molecule has 2 rings (SSSR count). The Bertz CT molecular complexity index is 543. The Kier molecular flexibility index (Phi) is 3.77. The number of halogens is 1. The fourth-order valence-electron chi connectivity index (χ4n) is 1.58. The number of rotatable bonds is 4. The molecule has 1 aromatic heterocycles. The third kappa shape index (κ3) is 2.97. The van der Waals surface area contributed by atoms with Gasteiger partial charge in [-0.25, -0.2) is 9.37 Å². The van der Waals surface area contributed by atoms with Crippen molar-refractivity contribution in [2.24, 2.45) is 0 Å². The van der Waals surface area contributed by atoms with E-state index in [1.165, 1.54) is 12.1 Å². The van der Waals surface area contributed by atoms with Gasteiger partial charge in [0, 0.05) is 6.07 Å². The van der Waals surface area contributed by atoms with E-state index in [0.717, 1.165) is 11.3 Å². The van der Waals surface area contributed by atoms with Crippen molar-refractivity contribution >= 4 is 0 Å². The number of aromatic nitrogens is 1. The van der Waals surface area contributed by atoms with Crippen molar-refractivity contribution in [2.75, 3.05) is 7.11 Å². The van der Waals surface area contributed by atoms with Crippen molar-refractivity contribution in [3.63, 3.8) is 0 Å². The predicted octanol–water partition coefficient (Wildman–Crippen LogP) is 3.12. The van der Waals surface area contributed by atoms with Gasteiger partial charge < -0.3 is 9.47 Å². The van der Waals surface area contributed by atoms with Crippen molar-refractivity contribution in [1.82, 2.24) is 4.98 Å². The third-order valence-electron chi connectivity index (χ3n) is 2.50. The number of pyridine rings is 1. The van der Waals surface area contributed by atoms with Gasteiger partial charge in [-0.2, -0.15) is 0 Å². The minimum absolute atomic E-state index is 0.264. The Morgan fingerprint density at radius 3 is 2.78 bits per heavy atom. The molecule has 0 fully saturated rings. The van der Waals surface area contributed by atoms with Gasteiger partial charge in [-0.1, -0.05) is 6.07 Å². The van der Waals surface area contributed by atoms with Gasteiger partial charge in [0.1, 0.15) is 18.2 Å². The summed E-state index contributed by atoms with van der Waals surface area (Å²) in [6.45, 7) is 2.13. The van der Waals surface area contributed by atoms with Gasteiger partial charge in [0.25, 0.3) is 0 Å². The zero-order chi connectivity index (χ0) is 13.0. The van der Waals surface area contributed by atoms with E-state index in [1.54, 1.807) is 26.2 Å². The molecular weight excluding hydrogens is 233 g/mol. The van der Waals surface area contributed by atoms with Crippen LogP contribution >= 0.6 is 0 Å². The largest absolute Gasteiger partial charge is 0.487 e. The van der Waals surface area contributed by atoms with E-state index >= 15 is 0 Å². The Hall–Kier alpha value is -2.10. The molecule has 0 saturated heterocycles. The first-order valence-electron chi connectivity index (χ1n) is 5.58. The van der Waals surface area contributed by atoms with Gasteiger partial charge >= 0.3 is 0 Å². The molecule has 0 atom stereocenters. The molecular formula is C14H14FNO2. The summed E-state index contributed by atoms with van der Waals surface area (Å²) in [4.78, 5) is 4.23. The first-order chi connectivity index (χ1) is 8.69. The molecule has 0 saturated carbocycles. The third-order valence-corrected chi connectivity index (χ3v) is 2.50. The Morgan fingerprint density at radius 1 is 1.22 bits per heavy atom. The van der Waals surface area contributed by atoms with Gasteiger partial charge in [-0.3, -0.25) is 0 Å². The Labute approximate surface area is 105 Å². The maximum Gasteiger partial charge on any atom is 0.213 e. The van der Waals surface area contributed by atoms with E-state index in [4.69, 9.17) is 9.47 Å². The maximum absolute atomic E-state index is 12.9. The summed E-state index contributed by atoms with van der Waals surface area (Å²) >= 11 is 0. The van der Waals surface area contributed by atoms with Crippen LogP contribution in [0, 0.1) is 12.7 Å². The van der Waals surface area contributed by atoms with Crippen LogP contribution < -0.4 is 9.47 Å². The molecule has 2 aromatic rings. The fourth-order valence-corrected chi connectivity index (χ4v) is 1.58. The molecule has 0 amide bonds. The predicted molar refractivity (Wildman–Crippen MR) is 66.3 cm³/mol. The molecule has 94 valence electrons. The lowest BCUT2D eigenvalue weighted by Crippen LogP contribution is -2.00. The van der Waals surface area contributed by atoms with E-state index in [-0.39, 0.29) is 5.82 Å². The van der Waals surface area contributed by atoms with E-state index in [9.17, 15) is 4.39 Å². The SMILES string of the molecule is COc1cccc(COc2ccc(F)cc2C)n1. The standard InChI is InChI=1S/C14H14FNO2/c1-10-8-11(15)6-7-13(10)18-9-12-4-3-5-14(16-12)17-2/h3-8H,9H2,1-2H3. The Balaban J connectivity index is 2.06. The summed E-state index contributed by atoms with van der Waals surface area (Å²) in [6.07, 6.45) is 0. The number of hydrogen-bond acceptors (Lipinski definition) is 3. The minimum atomic E-state index is -0.264. The second-order valence-electron chi connectivity index (χ2n) is 3.87. The molecule has 1 heterocycles. The minimum Gasteiger partial charge on any atom is -0.487 e. The summed E-state index contributed by atoms with van der Waals surface area (Å²) in [5, 5.41) is 0. The maximum atomic E-state index is 12.9. The first-order valence-corrected chi connectivity index (χ1v) is 5.58. The van der Waals surface area contributed by atoms with Gasteiger partial charge in [0.05, 0.1) is 12.8 Å². The summed E-state index contributed by atoms with van der Waals surface area (Å²) in [7, 11) is 1.57. The number of hydrogen-bond donors (Lipinski definition) is 0. The van der Waals surface area contributed by atoms with Crippen LogP contribution in [0.1, 0.15) is 11.3 Å². The molecule has 0 radical (unpaired) electrons. The number of benzene rings is 1. The first kappa shape index (κ1) is 12.4. The average molecular weight is 247 g/mol. The number of aryl methyl sites for hydroxylation is 1. The highest BCUT2D eigenvalue weighted by atomic mass is 19.1. The monoisotopic (exact) mass is 247 g/mol. The molecule has 0 aliphatic carbocycles. The highest BCUT2D eigenvalue weighted by Gasteiger charge is 2.03. The second-order valence-corrected chi connectivity index (χ2v) is 3.87. The van der Waals surface area contributed by atoms with Crippen molar-refractivity contribution in [2.45, 2.75) is 13.5 Å². The van der Waals surface area contributed by atoms with Crippen LogP contribution in [-0.2, 0) is 6.61 Å². The summed E-state index contributed by atoms with van der Waals surface area (Å²) in [6, 6.07) is 9.90. The highest BCUT2D eigenvalue weighted by molar-refractivity contribution is 5.32. The van der Waals surface area contributed by atoms with Crippen LogP contribution in [0.3, 0.4) is 0 Å². The molecule has 0 bridgehead atoms. The van der Waals surface area contributed by atoms with Gasteiger partial charge in [0.15, 0.2) is 0 Å². The number of ether oxygens (including phenoxy) is 2. The zero-order valence-electron chi connectivity index (χ0n) is 10.3. The molecule has 1 aromatic carbocycles. The fraction of sp³-hybridized carbons (Fsp3) is 0.214. The smallest absolute Gasteiger partial charge is 0.213 e. The molecule has 0 aliphatic rings. The number of nitrogens with zero attached hydrogens (tertiary/aromatic N) is 1.